The highest BCUT2D eigenvalue weighted by atomic mass is 15.2. The lowest BCUT2D eigenvalue weighted by atomic mass is 9.97. The van der Waals surface area contributed by atoms with E-state index in [4.69, 9.17) is 5.73 Å². The zero-order valence-electron chi connectivity index (χ0n) is 9.76. The fourth-order valence-electron chi connectivity index (χ4n) is 3.32. The number of nitrogens with zero attached hydrogens (tertiary/aromatic N) is 2. The van der Waals surface area contributed by atoms with E-state index in [-0.39, 0.29) is 0 Å². The standard InChI is InChI=1S/C13H19N3/c1-9-4-13(8-15-7-9)16-11-2-3-12(16)6-10(14)5-11/h4,7-8,10-12H,2-3,5-6,14H2,1H3. The minimum Gasteiger partial charge on any atom is -0.364 e. The second-order valence-corrected chi connectivity index (χ2v) is 5.24. The fraction of sp³-hybridized carbons (Fsp3) is 0.615. The quantitative estimate of drug-likeness (QED) is 0.780. The van der Waals surface area contributed by atoms with E-state index in [0.29, 0.717) is 18.1 Å². The topological polar surface area (TPSA) is 42.2 Å². The molecular weight excluding hydrogens is 198 g/mol. The van der Waals surface area contributed by atoms with Gasteiger partial charge >= 0.3 is 0 Å². The van der Waals surface area contributed by atoms with Crippen molar-refractivity contribution >= 4 is 5.69 Å². The summed E-state index contributed by atoms with van der Waals surface area (Å²) >= 11 is 0. The van der Waals surface area contributed by atoms with Gasteiger partial charge in [-0.2, -0.15) is 0 Å². The number of anilines is 1. The highest BCUT2D eigenvalue weighted by Gasteiger charge is 2.39. The molecule has 2 aliphatic rings. The first-order valence-electron chi connectivity index (χ1n) is 6.19. The largest absolute Gasteiger partial charge is 0.364 e. The predicted octanol–water partition coefficient (Wildman–Crippen LogP) is 1.85. The maximum Gasteiger partial charge on any atom is 0.0560 e. The third-order valence-electron chi connectivity index (χ3n) is 3.93. The van der Waals surface area contributed by atoms with E-state index in [1.165, 1.54) is 24.1 Å². The monoisotopic (exact) mass is 217 g/mol. The van der Waals surface area contributed by atoms with Gasteiger partial charge in [-0.25, -0.2) is 0 Å². The molecule has 1 aromatic rings. The van der Waals surface area contributed by atoms with Crippen LogP contribution in [0.3, 0.4) is 0 Å². The van der Waals surface area contributed by atoms with E-state index in [1.54, 1.807) is 0 Å². The van der Waals surface area contributed by atoms with Crippen LogP contribution in [0.25, 0.3) is 0 Å². The van der Waals surface area contributed by atoms with E-state index in [1.807, 2.05) is 12.4 Å². The molecule has 2 N–H and O–H groups in total. The molecule has 0 aromatic carbocycles. The number of piperidine rings is 1. The Morgan fingerprint density at radius 2 is 1.94 bits per heavy atom. The maximum atomic E-state index is 6.08. The summed E-state index contributed by atoms with van der Waals surface area (Å²) in [7, 11) is 0. The second kappa shape index (κ2) is 3.74. The van der Waals surface area contributed by atoms with Gasteiger partial charge in [0.2, 0.25) is 0 Å². The third-order valence-corrected chi connectivity index (χ3v) is 3.93. The zero-order valence-corrected chi connectivity index (χ0v) is 9.76. The summed E-state index contributed by atoms with van der Waals surface area (Å²) in [5.41, 5.74) is 8.62. The van der Waals surface area contributed by atoms with Crippen LogP contribution in [-0.4, -0.2) is 23.1 Å². The lowest BCUT2D eigenvalue weighted by Gasteiger charge is -2.39. The molecule has 3 heterocycles. The van der Waals surface area contributed by atoms with Crippen molar-refractivity contribution in [2.45, 2.75) is 50.7 Å². The number of aryl methyl sites for hydroxylation is 1. The molecule has 0 amide bonds. The molecule has 0 spiro atoms. The number of pyridine rings is 1. The smallest absolute Gasteiger partial charge is 0.0560 e. The summed E-state index contributed by atoms with van der Waals surface area (Å²) in [6.07, 6.45) is 8.80. The van der Waals surface area contributed by atoms with Gasteiger partial charge in [0, 0.05) is 24.3 Å². The van der Waals surface area contributed by atoms with Crippen LogP contribution in [0.5, 0.6) is 0 Å². The Kier molecular flexibility index (Phi) is 2.36. The number of hydrogen-bond donors (Lipinski definition) is 1. The van der Waals surface area contributed by atoms with E-state index in [2.05, 4.69) is 22.9 Å². The second-order valence-electron chi connectivity index (χ2n) is 5.24. The van der Waals surface area contributed by atoms with Gasteiger partial charge in [0.25, 0.3) is 0 Å². The van der Waals surface area contributed by atoms with Gasteiger partial charge in [0.1, 0.15) is 0 Å². The van der Waals surface area contributed by atoms with Crippen LogP contribution in [0.2, 0.25) is 0 Å². The van der Waals surface area contributed by atoms with Crippen LogP contribution in [-0.2, 0) is 0 Å². The van der Waals surface area contributed by atoms with Crippen molar-refractivity contribution in [1.29, 1.82) is 0 Å². The predicted molar refractivity (Wildman–Crippen MR) is 65.5 cm³/mol. The lowest BCUT2D eigenvalue weighted by Crippen LogP contribution is -2.47. The van der Waals surface area contributed by atoms with Gasteiger partial charge in [-0.15, -0.1) is 0 Å². The van der Waals surface area contributed by atoms with Gasteiger partial charge in [0.15, 0.2) is 0 Å². The summed E-state index contributed by atoms with van der Waals surface area (Å²) in [5.74, 6) is 0. The van der Waals surface area contributed by atoms with E-state index in [9.17, 15) is 0 Å². The molecule has 0 radical (unpaired) electrons. The summed E-state index contributed by atoms with van der Waals surface area (Å²) in [4.78, 5) is 6.86. The van der Waals surface area contributed by atoms with Crippen molar-refractivity contribution < 1.29 is 0 Å². The van der Waals surface area contributed by atoms with Crippen LogP contribution in [0.4, 0.5) is 5.69 Å². The molecule has 2 unspecified atom stereocenters. The van der Waals surface area contributed by atoms with Crippen molar-refractivity contribution in [3.63, 3.8) is 0 Å². The Hall–Kier alpha value is -1.09. The van der Waals surface area contributed by atoms with Crippen LogP contribution in [0.15, 0.2) is 18.5 Å². The normalized spacial score (nSPS) is 33.1. The molecule has 86 valence electrons. The van der Waals surface area contributed by atoms with Gasteiger partial charge in [0.05, 0.1) is 11.9 Å². The molecular formula is C13H19N3. The molecule has 2 atom stereocenters. The molecule has 2 bridgehead atoms. The van der Waals surface area contributed by atoms with Gasteiger partial charge in [-0.05, 0) is 44.2 Å². The third kappa shape index (κ3) is 1.59. The first-order valence-corrected chi connectivity index (χ1v) is 6.19. The van der Waals surface area contributed by atoms with E-state index >= 15 is 0 Å². The minimum absolute atomic E-state index is 0.409. The molecule has 0 aliphatic carbocycles. The van der Waals surface area contributed by atoms with Crippen molar-refractivity contribution in [3.05, 3.63) is 24.0 Å². The van der Waals surface area contributed by atoms with Gasteiger partial charge < -0.3 is 10.6 Å². The Bertz CT molecular complexity index is 377. The Morgan fingerprint density at radius 1 is 1.25 bits per heavy atom. The number of rotatable bonds is 1. The van der Waals surface area contributed by atoms with E-state index < -0.39 is 0 Å². The molecule has 3 heteroatoms. The fourth-order valence-corrected chi connectivity index (χ4v) is 3.32. The van der Waals surface area contributed by atoms with Crippen molar-refractivity contribution in [2.24, 2.45) is 5.73 Å². The highest BCUT2D eigenvalue weighted by Crippen LogP contribution is 2.38. The molecule has 2 fully saturated rings. The molecule has 2 aliphatic heterocycles. The van der Waals surface area contributed by atoms with Crippen LogP contribution >= 0.6 is 0 Å². The van der Waals surface area contributed by atoms with Crippen molar-refractivity contribution in [3.8, 4) is 0 Å². The Labute approximate surface area is 96.7 Å². The molecule has 2 saturated heterocycles. The SMILES string of the molecule is Cc1cncc(N2C3CCC2CC(N)C3)c1. The van der Waals surface area contributed by atoms with Crippen LogP contribution in [0.1, 0.15) is 31.2 Å². The zero-order chi connectivity index (χ0) is 11.1. The molecule has 1 aromatic heterocycles. The number of hydrogen-bond acceptors (Lipinski definition) is 3. The molecule has 3 rings (SSSR count). The molecule has 0 saturated carbocycles. The number of aromatic nitrogens is 1. The van der Waals surface area contributed by atoms with E-state index in [0.717, 1.165) is 12.8 Å². The van der Waals surface area contributed by atoms with Crippen molar-refractivity contribution in [2.75, 3.05) is 4.90 Å². The first-order chi connectivity index (χ1) is 7.74. The summed E-state index contributed by atoms with van der Waals surface area (Å²) < 4.78 is 0. The van der Waals surface area contributed by atoms with Gasteiger partial charge in [-0.3, -0.25) is 4.98 Å². The van der Waals surface area contributed by atoms with Gasteiger partial charge in [-0.1, -0.05) is 0 Å². The maximum absolute atomic E-state index is 6.08. The Morgan fingerprint density at radius 3 is 2.56 bits per heavy atom. The minimum atomic E-state index is 0.409. The summed E-state index contributed by atoms with van der Waals surface area (Å²) in [6.45, 7) is 2.11. The average molecular weight is 217 g/mol. The highest BCUT2D eigenvalue weighted by molar-refractivity contribution is 5.50. The van der Waals surface area contributed by atoms with Crippen LogP contribution < -0.4 is 10.6 Å². The average Bonchev–Trinajstić information content (AvgIpc) is 2.51. The van der Waals surface area contributed by atoms with Crippen molar-refractivity contribution in [1.82, 2.24) is 4.98 Å². The summed E-state index contributed by atoms with van der Waals surface area (Å²) in [6, 6.07) is 3.95. The lowest BCUT2D eigenvalue weighted by molar-refractivity contribution is 0.414. The number of fused-ring (bicyclic) bond motifs is 2. The molecule has 16 heavy (non-hydrogen) atoms. The van der Waals surface area contributed by atoms with Crippen LogP contribution in [0, 0.1) is 6.92 Å². The Balaban J connectivity index is 1.91. The molecule has 3 nitrogen and oxygen atoms in total. The number of nitrogens with two attached hydrogens (primary N) is 1. The summed E-state index contributed by atoms with van der Waals surface area (Å²) in [5, 5.41) is 0. The first kappa shape index (κ1) is 10.1.